The molecule has 3 N–H and O–H groups in total. The first kappa shape index (κ1) is 18.9. The summed E-state index contributed by atoms with van der Waals surface area (Å²) in [6.45, 7) is 6.85. The van der Waals surface area contributed by atoms with Crippen LogP contribution in [0.1, 0.15) is 72.1 Å². The molecule has 0 radical (unpaired) electrons. The van der Waals surface area contributed by atoms with Crippen molar-refractivity contribution in [1.29, 1.82) is 0 Å². The molecule has 26 heavy (non-hydrogen) atoms. The quantitative estimate of drug-likeness (QED) is 0.721. The molecule has 0 aromatic carbocycles. The van der Waals surface area contributed by atoms with Gasteiger partial charge in [-0.2, -0.15) is 0 Å². The Balaban J connectivity index is 1.56. The standard InChI is InChI=1S/C22H37NO3/c1-13(24)12-23-20-19(26)11-18-16-5-4-14-10-15(25)6-8-21(14,2)17(16)7-9-22(18,20)3/h14-20,23,25-26H,4-12H2,1-3H3/t14-,15+,16+,17-,18-,19-,20-,21-,22-/m0/s1. The Labute approximate surface area is 158 Å². The normalized spacial score (nSPS) is 53.5. The van der Waals surface area contributed by atoms with Crippen LogP contribution in [0, 0.1) is 34.5 Å². The van der Waals surface area contributed by atoms with Crippen LogP contribution in [0.2, 0.25) is 0 Å². The van der Waals surface area contributed by atoms with Gasteiger partial charge < -0.3 is 15.5 Å². The predicted octanol–water partition coefficient (Wildman–Crippen LogP) is 2.91. The summed E-state index contributed by atoms with van der Waals surface area (Å²) >= 11 is 0. The van der Waals surface area contributed by atoms with E-state index in [0.29, 0.717) is 29.7 Å². The molecule has 0 aliphatic heterocycles. The Morgan fingerprint density at radius 2 is 1.73 bits per heavy atom. The molecular formula is C22H37NO3. The molecule has 4 nitrogen and oxygen atoms in total. The van der Waals surface area contributed by atoms with Gasteiger partial charge in [0.15, 0.2) is 0 Å². The summed E-state index contributed by atoms with van der Waals surface area (Å²) in [5.74, 6) is 2.82. The Kier molecular flexibility index (Phi) is 4.77. The largest absolute Gasteiger partial charge is 0.393 e. The number of rotatable bonds is 3. The number of Topliss-reactive ketones (excluding diaryl/α,β-unsaturated/α-hetero) is 1. The minimum Gasteiger partial charge on any atom is -0.393 e. The van der Waals surface area contributed by atoms with Crippen molar-refractivity contribution in [3.05, 3.63) is 0 Å². The molecule has 4 fully saturated rings. The first-order valence-electron chi connectivity index (χ1n) is 10.8. The van der Waals surface area contributed by atoms with Gasteiger partial charge in [0.1, 0.15) is 5.78 Å². The van der Waals surface area contributed by atoms with Crippen molar-refractivity contribution >= 4 is 5.78 Å². The first-order valence-corrected chi connectivity index (χ1v) is 10.8. The van der Waals surface area contributed by atoms with Crippen LogP contribution in [0.3, 0.4) is 0 Å². The predicted molar refractivity (Wildman–Crippen MR) is 102 cm³/mol. The van der Waals surface area contributed by atoms with Crippen LogP contribution in [0.25, 0.3) is 0 Å². The second-order valence-electron chi connectivity index (χ2n) is 10.5. The summed E-state index contributed by atoms with van der Waals surface area (Å²) in [4.78, 5) is 11.5. The molecule has 4 heteroatoms. The minimum absolute atomic E-state index is 0.0519. The summed E-state index contributed by atoms with van der Waals surface area (Å²) in [5, 5.41) is 24.4. The average Bonchev–Trinajstić information content (AvgIpc) is 2.83. The Morgan fingerprint density at radius 1 is 1.00 bits per heavy atom. The van der Waals surface area contributed by atoms with Gasteiger partial charge in [0.2, 0.25) is 0 Å². The number of fused-ring (bicyclic) bond motifs is 5. The molecule has 0 heterocycles. The number of nitrogens with one attached hydrogen (secondary N) is 1. The van der Waals surface area contributed by atoms with Crippen LogP contribution in [0.4, 0.5) is 0 Å². The minimum atomic E-state index is -0.332. The lowest BCUT2D eigenvalue weighted by atomic mass is 9.45. The van der Waals surface area contributed by atoms with E-state index >= 15 is 0 Å². The lowest BCUT2D eigenvalue weighted by Crippen LogP contribution is -2.56. The van der Waals surface area contributed by atoms with Crippen molar-refractivity contribution in [3.63, 3.8) is 0 Å². The molecule has 4 aliphatic carbocycles. The van der Waals surface area contributed by atoms with E-state index in [1.54, 1.807) is 6.92 Å². The maximum atomic E-state index is 11.5. The zero-order valence-corrected chi connectivity index (χ0v) is 16.7. The van der Waals surface area contributed by atoms with Crippen molar-refractivity contribution < 1.29 is 15.0 Å². The maximum Gasteiger partial charge on any atom is 0.143 e. The maximum absolute atomic E-state index is 11.5. The average molecular weight is 364 g/mol. The van der Waals surface area contributed by atoms with E-state index in [9.17, 15) is 15.0 Å². The molecule has 0 bridgehead atoms. The number of aliphatic hydroxyl groups excluding tert-OH is 2. The van der Waals surface area contributed by atoms with E-state index in [4.69, 9.17) is 0 Å². The highest BCUT2D eigenvalue weighted by Crippen LogP contribution is 2.66. The molecule has 148 valence electrons. The zero-order chi connectivity index (χ0) is 18.7. The zero-order valence-electron chi connectivity index (χ0n) is 16.7. The number of carbonyl (C=O) groups excluding carboxylic acids is 1. The summed E-state index contributed by atoms with van der Waals surface area (Å²) in [6, 6.07) is 0.0519. The molecule has 0 aromatic rings. The van der Waals surface area contributed by atoms with Gasteiger partial charge in [-0.3, -0.25) is 4.79 Å². The van der Waals surface area contributed by atoms with Crippen LogP contribution < -0.4 is 5.32 Å². The number of ketones is 1. The van der Waals surface area contributed by atoms with Crippen molar-refractivity contribution in [2.24, 2.45) is 34.5 Å². The molecule has 4 rings (SSSR count). The van der Waals surface area contributed by atoms with Gasteiger partial charge in [-0.15, -0.1) is 0 Å². The van der Waals surface area contributed by atoms with Gasteiger partial charge in [0.05, 0.1) is 18.8 Å². The number of hydrogen-bond donors (Lipinski definition) is 3. The van der Waals surface area contributed by atoms with Gasteiger partial charge in [-0.25, -0.2) is 0 Å². The third-order valence-corrected chi connectivity index (χ3v) is 9.24. The molecule has 9 atom stereocenters. The second-order valence-corrected chi connectivity index (χ2v) is 10.5. The van der Waals surface area contributed by atoms with Gasteiger partial charge in [-0.05, 0) is 92.8 Å². The summed E-state index contributed by atoms with van der Waals surface area (Å²) in [7, 11) is 0. The van der Waals surface area contributed by atoms with Crippen molar-refractivity contribution in [1.82, 2.24) is 5.32 Å². The monoisotopic (exact) mass is 363 g/mol. The van der Waals surface area contributed by atoms with E-state index in [2.05, 4.69) is 19.2 Å². The van der Waals surface area contributed by atoms with E-state index in [-0.39, 0.29) is 29.4 Å². The highest BCUT2D eigenvalue weighted by Gasteiger charge is 2.62. The number of aliphatic hydroxyl groups is 2. The summed E-state index contributed by atoms with van der Waals surface area (Å²) in [6.07, 6.45) is 8.47. The van der Waals surface area contributed by atoms with E-state index in [1.165, 1.54) is 19.3 Å². The fourth-order valence-corrected chi connectivity index (χ4v) is 7.87. The summed E-state index contributed by atoms with van der Waals surface area (Å²) < 4.78 is 0. The lowest BCUT2D eigenvalue weighted by Gasteiger charge is -2.60. The molecule has 0 amide bonds. The molecule has 0 saturated heterocycles. The SMILES string of the molecule is CC(=O)CN[C@H]1[C@@H](O)C[C@H]2[C@@H]3CC[C@H]4C[C@H](O)CC[C@]4(C)[C@H]3CC[C@@]21C. The van der Waals surface area contributed by atoms with Gasteiger partial charge in [0.25, 0.3) is 0 Å². The number of hydrogen-bond acceptors (Lipinski definition) is 4. The Hall–Kier alpha value is -0.450. The van der Waals surface area contributed by atoms with Crippen LogP contribution >= 0.6 is 0 Å². The van der Waals surface area contributed by atoms with Gasteiger partial charge >= 0.3 is 0 Å². The lowest BCUT2D eigenvalue weighted by molar-refractivity contribution is -0.124. The fraction of sp³-hybridized carbons (Fsp3) is 0.955. The van der Waals surface area contributed by atoms with Crippen LogP contribution in [-0.2, 0) is 4.79 Å². The highest BCUT2D eigenvalue weighted by atomic mass is 16.3. The molecule has 4 saturated carbocycles. The van der Waals surface area contributed by atoms with Gasteiger partial charge in [-0.1, -0.05) is 13.8 Å². The van der Waals surface area contributed by atoms with Gasteiger partial charge in [0, 0.05) is 6.04 Å². The van der Waals surface area contributed by atoms with E-state index in [0.717, 1.165) is 38.0 Å². The van der Waals surface area contributed by atoms with Crippen molar-refractivity contribution in [3.8, 4) is 0 Å². The molecule has 0 spiro atoms. The molecule has 0 aromatic heterocycles. The van der Waals surface area contributed by atoms with E-state index < -0.39 is 0 Å². The Bertz CT molecular complexity index is 566. The Morgan fingerprint density at radius 3 is 2.46 bits per heavy atom. The van der Waals surface area contributed by atoms with Crippen LogP contribution in [-0.4, -0.2) is 40.8 Å². The molecule has 0 unspecified atom stereocenters. The third-order valence-electron chi connectivity index (χ3n) is 9.24. The molecule has 4 aliphatic rings. The van der Waals surface area contributed by atoms with E-state index in [1.807, 2.05) is 0 Å². The first-order chi connectivity index (χ1) is 12.3. The fourth-order valence-electron chi connectivity index (χ4n) is 7.87. The van der Waals surface area contributed by atoms with Crippen LogP contribution in [0.15, 0.2) is 0 Å². The summed E-state index contributed by atoms with van der Waals surface area (Å²) in [5.41, 5.74) is 0.479. The smallest absolute Gasteiger partial charge is 0.143 e. The van der Waals surface area contributed by atoms with Crippen molar-refractivity contribution in [2.75, 3.05) is 6.54 Å². The van der Waals surface area contributed by atoms with Crippen LogP contribution in [0.5, 0.6) is 0 Å². The molecular weight excluding hydrogens is 326 g/mol. The van der Waals surface area contributed by atoms with Crippen molar-refractivity contribution in [2.45, 2.75) is 90.4 Å². The highest BCUT2D eigenvalue weighted by molar-refractivity contribution is 5.77. The topological polar surface area (TPSA) is 69.6 Å². The third kappa shape index (κ3) is 2.79. The second kappa shape index (κ2) is 6.56. The number of carbonyl (C=O) groups is 1.